The Balaban J connectivity index is 2.07. The van der Waals surface area contributed by atoms with Crippen LogP contribution < -0.4 is 0 Å². The van der Waals surface area contributed by atoms with Crippen LogP contribution in [0.2, 0.25) is 5.02 Å². The Bertz CT molecular complexity index is 1060. The van der Waals surface area contributed by atoms with Crippen LogP contribution >= 0.6 is 11.6 Å². The van der Waals surface area contributed by atoms with Crippen molar-refractivity contribution < 1.29 is 18.3 Å². The number of carboxylic acid groups (broad SMARTS) is 1. The van der Waals surface area contributed by atoms with Crippen LogP contribution in [0, 0.1) is 6.92 Å². The van der Waals surface area contributed by atoms with Crippen LogP contribution in [-0.2, 0) is 9.84 Å². The van der Waals surface area contributed by atoms with E-state index in [1.165, 1.54) is 41.1 Å². The maximum absolute atomic E-state index is 12.8. The number of carbonyl (C=O) groups is 1. The molecular formula is C16H12ClN3O4S. The number of benzene rings is 2. The van der Waals surface area contributed by atoms with Gasteiger partial charge in [0.25, 0.3) is 0 Å². The van der Waals surface area contributed by atoms with Gasteiger partial charge in [-0.25, -0.2) is 17.9 Å². The summed E-state index contributed by atoms with van der Waals surface area (Å²) >= 11 is 5.99. The van der Waals surface area contributed by atoms with Crippen LogP contribution in [0.1, 0.15) is 16.1 Å². The summed E-state index contributed by atoms with van der Waals surface area (Å²) in [5, 5.41) is 16.5. The fourth-order valence-electron chi connectivity index (χ4n) is 2.32. The normalized spacial score (nSPS) is 11.4. The van der Waals surface area contributed by atoms with E-state index in [0.717, 1.165) is 0 Å². The molecule has 3 aromatic rings. The first kappa shape index (κ1) is 17.1. The second-order valence-electron chi connectivity index (χ2n) is 5.18. The molecule has 7 nitrogen and oxygen atoms in total. The molecule has 25 heavy (non-hydrogen) atoms. The number of carboxylic acids is 1. The third-order valence-electron chi connectivity index (χ3n) is 3.59. The molecular weight excluding hydrogens is 366 g/mol. The first-order chi connectivity index (χ1) is 11.8. The molecule has 2 aromatic carbocycles. The highest BCUT2D eigenvalue weighted by Gasteiger charge is 2.27. The average Bonchev–Trinajstić information content (AvgIpc) is 2.97. The molecule has 0 spiro atoms. The number of hydrogen-bond donors (Lipinski definition) is 1. The van der Waals surface area contributed by atoms with Gasteiger partial charge in [0.05, 0.1) is 26.9 Å². The van der Waals surface area contributed by atoms with Gasteiger partial charge in [-0.1, -0.05) is 28.9 Å². The van der Waals surface area contributed by atoms with Gasteiger partial charge < -0.3 is 5.11 Å². The van der Waals surface area contributed by atoms with Gasteiger partial charge in [0, 0.05) is 0 Å². The van der Waals surface area contributed by atoms with E-state index in [0.29, 0.717) is 11.4 Å². The molecule has 0 aliphatic heterocycles. The maximum atomic E-state index is 12.8. The number of nitrogens with zero attached hydrogens (tertiary/aromatic N) is 3. The molecule has 0 radical (unpaired) electrons. The van der Waals surface area contributed by atoms with Gasteiger partial charge in [-0.3, -0.25) is 0 Å². The van der Waals surface area contributed by atoms with Crippen molar-refractivity contribution in [2.24, 2.45) is 0 Å². The van der Waals surface area contributed by atoms with Crippen LogP contribution in [-0.4, -0.2) is 34.5 Å². The fraction of sp³-hybridized carbons (Fsp3) is 0.0625. The van der Waals surface area contributed by atoms with E-state index >= 15 is 0 Å². The molecule has 0 atom stereocenters. The Hall–Kier alpha value is -2.71. The smallest absolute Gasteiger partial charge is 0.335 e. The summed E-state index contributed by atoms with van der Waals surface area (Å²) in [5.74, 6) is -1.05. The number of hydrogen-bond acceptors (Lipinski definition) is 5. The Morgan fingerprint density at radius 2 is 1.76 bits per heavy atom. The summed E-state index contributed by atoms with van der Waals surface area (Å²) in [6.45, 7) is 1.56. The lowest BCUT2D eigenvalue weighted by Crippen LogP contribution is -2.06. The van der Waals surface area contributed by atoms with Gasteiger partial charge in [0.15, 0.2) is 0 Å². The van der Waals surface area contributed by atoms with E-state index in [9.17, 15) is 13.2 Å². The van der Waals surface area contributed by atoms with Gasteiger partial charge in [-0.15, -0.1) is 5.10 Å². The molecule has 0 bridgehead atoms. The SMILES string of the molecule is Cc1c(S(=O)(=O)c2ccccc2Cl)nnn1-c1ccc(C(=O)O)cc1. The maximum Gasteiger partial charge on any atom is 0.335 e. The molecule has 0 aliphatic carbocycles. The molecule has 9 heteroatoms. The van der Waals surface area contributed by atoms with Gasteiger partial charge in [-0.05, 0) is 43.3 Å². The van der Waals surface area contributed by atoms with Crippen LogP contribution in [0.3, 0.4) is 0 Å². The van der Waals surface area contributed by atoms with Crippen molar-refractivity contribution in [3.8, 4) is 5.69 Å². The van der Waals surface area contributed by atoms with Gasteiger partial charge in [0.1, 0.15) is 0 Å². The second kappa shape index (κ2) is 6.30. The molecule has 1 aromatic heterocycles. The minimum absolute atomic E-state index is 0.0481. The quantitative estimate of drug-likeness (QED) is 0.750. The predicted octanol–water partition coefficient (Wildman–Crippen LogP) is 2.76. The summed E-state index contributed by atoms with van der Waals surface area (Å²) in [6, 6.07) is 11.9. The molecule has 0 saturated heterocycles. The predicted molar refractivity (Wildman–Crippen MR) is 90.0 cm³/mol. The van der Waals surface area contributed by atoms with E-state index in [4.69, 9.17) is 16.7 Å². The minimum Gasteiger partial charge on any atom is -0.478 e. The van der Waals surface area contributed by atoms with Crippen LogP contribution in [0.25, 0.3) is 5.69 Å². The molecule has 128 valence electrons. The number of sulfone groups is 1. The van der Waals surface area contributed by atoms with Crippen molar-refractivity contribution in [1.82, 2.24) is 15.0 Å². The van der Waals surface area contributed by atoms with Gasteiger partial charge in [0.2, 0.25) is 14.9 Å². The van der Waals surface area contributed by atoms with Crippen LogP contribution in [0.4, 0.5) is 0 Å². The summed E-state index contributed by atoms with van der Waals surface area (Å²) in [6.07, 6.45) is 0. The summed E-state index contributed by atoms with van der Waals surface area (Å²) in [4.78, 5) is 10.9. The minimum atomic E-state index is -3.93. The monoisotopic (exact) mass is 377 g/mol. The molecule has 0 fully saturated rings. The summed E-state index contributed by atoms with van der Waals surface area (Å²) in [7, 11) is -3.93. The Kier molecular flexibility index (Phi) is 4.32. The van der Waals surface area contributed by atoms with E-state index in [2.05, 4.69) is 10.3 Å². The molecule has 0 amide bonds. The van der Waals surface area contributed by atoms with Crippen LogP contribution in [0.5, 0.6) is 0 Å². The summed E-state index contributed by atoms with van der Waals surface area (Å²) in [5.41, 5.74) is 0.907. The highest BCUT2D eigenvalue weighted by Crippen LogP contribution is 2.28. The lowest BCUT2D eigenvalue weighted by atomic mass is 10.2. The van der Waals surface area contributed by atoms with Crippen molar-refractivity contribution in [2.45, 2.75) is 16.8 Å². The number of halogens is 1. The second-order valence-corrected chi connectivity index (χ2v) is 7.42. The number of aromatic nitrogens is 3. The Morgan fingerprint density at radius 1 is 1.12 bits per heavy atom. The third-order valence-corrected chi connectivity index (χ3v) is 5.85. The molecule has 3 rings (SSSR count). The molecule has 1 N–H and O–H groups in total. The lowest BCUT2D eigenvalue weighted by molar-refractivity contribution is 0.0697. The van der Waals surface area contributed by atoms with E-state index in [1.807, 2.05) is 0 Å². The third kappa shape index (κ3) is 3.01. The van der Waals surface area contributed by atoms with Crippen molar-refractivity contribution in [2.75, 3.05) is 0 Å². The van der Waals surface area contributed by atoms with Gasteiger partial charge >= 0.3 is 5.97 Å². The summed E-state index contributed by atoms with van der Waals surface area (Å²) < 4.78 is 26.9. The zero-order valence-corrected chi connectivity index (χ0v) is 14.5. The van der Waals surface area contributed by atoms with E-state index in [-0.39, 0.29) is 20.5 Å². The number of rotatable bonds is 4. The van der Waals surface area contributed by atoms with Crippen molar-refractivity contribution >= 4 is 27.4 Å². The van der Waals surface area contributed by atoms with Crippen molar-refractivity contribution in [1.29, 1.82) is 0 Å². The zero-order chi connectivity index (χ0) is 18.2. The molecule has 0 saturated carbocycles. The molecule has 0 unspecified atom stereocenters. The Morgan fingerprint density at radius 3 is 2.36 bits per heavy atom. The lowest BCUT2D eigenvalue weighted by Gasteiger charge is -2.06. The fourth-order valence-corrected chi connectivity index (χ4v) is 4.17. The van der Waals surface area contributed by atoms with Crippen LogP contribution in [0.15, 0.2) is 58.5 Å². The van der Waals surface area contributed by atoms with E-state index < -0.39 is 15.8 Å². The average molecular weight is 378 g/mol. The van der Waals surface area contributed by atoms with E-state index in [1.54, 1.807) is 19.1 Å². The highest BCUT2D eigenvalue weighted by molar-refractivity contribution is 7.91. The van der Waals surface area contributed by atoms with Crippen molar-refractivity contribution in [3.05, 3.63) is 64.8 Å². The highest BCUT2D eigenvalue weighted by atomic mass is 35.5. The first-order valence-electron chi connectivity index (χ1n) is 7.08. The Labute approximate surface area is 148 Å². The number of aromatic carboxylic acids is 1. The largest absolute Gasteiger partial charge is 0.478 e. The molecule has 0 aliphatic rings. The first-order valence-corrected chi connectivity index (χ1v) is 8.94. The topological polar surface area (TPSA) is 102 Å². The zero-order valence-electron chi connectivity index (χ0n) is 12.9. The standard InChI is InChI=1S/C16H12ClN3O4S/c1-10-15(25(23,24)14-5-3-2-4-13(14)17)18-19-20(10)12-8-6-11(7-9-12)16(21)22/h2-9H,1H3,(H,21,22). The van der Waals surface area contributed by atoms with Gasteiger partial charge in [-0.2, -0.15) is 0 Å². The van der Waals surface area contributed by atoms with Crippen molar-refractivity contribution in [3.63, 3.8) is 0 Å². The molecule has 1 heterocycles.